The van der Waals surface area contributed by atoms with E-state index in [-0.39, 0.29) is 8.76 Å². The lowest BCUT2D eigenvalue weighted by Crippen LogP contribution is -2.34. The molecule has 1 amide bonds. The van der Waals surface area contributed by atoms with Gasteiger partial charge in [-0.15, -0.1) is 16.0 Å². The van der Waals surface area contributed by atoms with Crippen LogP contribution in [-0.2, 0) is 11.3 Å². The molecule has 1 unspecified atom stereocenters. The number of nitrogens with one attached hydrogen (secondary N) is 3. The van der Waals surface area contributed by atoms with Crippen LogP contribution in [0.5, 0.6) is 0 Å². The summed E-state index contributed by atoms with van der Waals surface area (Å²) in [6.45, 7) is 21.3. The molecular weight excluding hydrogens is 550 g/mol. The van der Waals surface area contributed by atoms with Gasteiger partial charge in [-0.2, -0.15) is 5.10 Å². The Bertz CT molecular complexity index is 1510. The van der Waals surface area contributed by atoms with Gasteiger partial charge in [-0.05, 0) is 74.4 Å². The topological polar surface area (TPSA) is 73.0 Å². The molecule has 2 aliphatic rings. The second-order valence-electron chi connectivity index (χ2n) is 10.2. The van der Waals surface area contributed by atoms with Crippen LogP contribution in [-0.4, -0.2) is 50.8 Å². The van der Waals surface area contributed by atoms with E-state index < -0.39 is 9.39 Å². The van der Waals surface area contributed by atoms with Gasteiger partial charge < -0.3 is 10.6 Å². The molecule has 0 radical (unpaired) electrons. The minimum absolute atomic E-state index is 0. The molecule has 0 bridgehead atoms. The van der Waals surface area contributed by atoms with E-state index in [9.17, 15) is 4.79 Å². The van der Waals surface area contributed by atoms with Crippen LogP contribution in [0.25, 0.3) is 11.6 Å². The first kappa shape index (κ1) is 33.7. The Morgan fingerprint density at radius 1 is 1.12 bits per heavy atom. The maximum absolute atomic E-state index is 12.7. The number of nitrogens with zero attached hydrogens (tertiary/aromatic N) is 2. The van der Waals surface area contributed by atoms with E-state index in [2.05, 4.69) is 117 Å². The Kier molecular flexibility index (Phi) is 13.1. The van der Waals surface area contributed by atoms with Crippen molar-refractivity contribution in [3.63, 3.8) is 0 Å². The second-order valence-corrected chi connectivity index (χ2v) is 13.5. The van der Waals surface area contributed by atoms with Gasteiger partial charge in [0.15, 0.2) is 0 Å². The van der Waals surface area contributed by atoms with Gasteiger partial charge in [0.25, 0.3) is 0 Å². The Morgan fingerprint density at radius 3 is 2.44 bits per heavy atom. The fourth-order valence-corrected chi connectivity index (χ4v) is 8.64. The standard InChI is InChI=1S/C31H37N5OS.C3H6.C2H6.2H2/c1-4-38(5-2,29-11-7-6-8-12-29)36-17-9-10-26(22-36)23(3)25-15-13-24(14-16-25)19-33-31(37)28-18-27-21-34-35-30(27)32-20-28;1-3-2;1-2;;/h4-8,11-16,18,21,26H,3,9-10,17,19-20,22H2,1-2H3,(H,33,37)(H2,32,34,35);3H,1H2,2H3;1-2H3;2*1H. The molecule has 0 saturated carbocycles. The van der Waals surface area contributed by atoms with Gasteiger partial charge in [0.2, 0.25) is 5.91 Å². The summed E-state index contributed by atoms with van der Waals surface area (Å²) in [5, 5.41) is 17.9. The van der Waals surface area contributed by atoms with Gasteiger partial charge in [0.1, 0.15) is 5.82 Å². The zero-order chi connectivity index (χ0) is 31.2. The predicted molar refractivity (Wildman–Crippen MR) is 194 cm³/mol. The molecule has 2 aromatic carbocycles. The van der Waals surface area contributed by atoms with Crippen molar-refractivity contribution in [1.82, 2.24) is 19.8 Å². The average Bonchev–Trinajstić information content (AvgIpc) is 3.55. The molecule has 1 aromatic heterocycles. The highest BCUT2D eigenvalue weighted by Gasteiger charge is 2.27. The minimum atomic E-state index is -1.26. The zero-order valence-corrected chi connectivity index (χ0v) is 27.3. The summed E-state index contributed by atoms with van der Waals surface area (Å²) in [6, 6.07) is 19.4. The smallest absolute Gasteiger partial charge is 0.249 e. The Labute approximate surface area is 262 Å². The number of hydrogen-bond acceptors (Lipinski definition) is 4. The highest BCUT2D eigenvalue weighted by Crippen LogP contribution is 2.43. The van der Waals surface area contributed by atoms with Crippen molar-refractivity contribution in [2.24, 2.45) is 5.92 Å². The number of piperidine rings is 1. The molecule has 3 N–H and O–H groups in total. The van der Waals surface area contributed by atoms with Crippen LogP contribution in [0.15, 0.2) is 90.5 Å². The third-order valence-corrected chi connectivity index (χ3v) is 11.3. The number of hydrogen-bond donors (Lipinski definition) is 3. The van der Waals surface area contributed by atoms with E-state index in [4.69, 9.17) is 0 Å². The van der Waals surface area contributed by atoms with Crippen molar-refractivity contribution in [1.29, 1.82) is 0 Å². The summed E-state index contributed by atoms with van der Waals surface area (Å²) in [5.41, 5.74) is 5.06. The molecule has 43 heavy (non-hydrogen) atoms. The fraction of sp³-hybridized carbons (Fsp3) is 0.333. The summed E-state index contributed by atoms with van der Waals surface area (Å²) in [4.78, 5) is 14.1. The summed E-state index contributed by atoms with van der Waals surface area (Å²) in [5.74, 6) is 1.21. The lowest BCUT2D eigenvalue weighted by atomic mass is 9.88. The molecule has 1 saturated heterocycles. The van der Waals surface area contributed by atoms with Crippen LogP contribution in [0.2, 0.25) is 0 Å². The van der Waals surface area contributed by atoms with Crippen molar-refractivity contribution in [3.8, 4) is 0 Å². The molecule has 6 nitrogen and oxygen atoms in total. The highest BCUT2D eigenvalue weighted by atomic mass is 32.2. The number of allylic oxidation sites excluding steroid dienone is 1. The first-order valence-corrected chi connectivity index (χ1v) is 17.0. The Morgan fingerprint density at radius 2 is 1.79 bits per heavy atom. The first-order valence-electron chi connectivity index (χ1n) is 15.3. The van der Waals surface area contributed by atoms with E-state index in [1.165, 1.54) is 22.5 Å². The van der Waals surface area contributed by atoms with Crippen molar-refractivity contribution in [2.45, 2.75) is 58.9 Å². The van der Waals surface area contributed by atoms with Crippen LogP contribution in [0.1, 0.15) is 67.0 Å². The number of carbonyl (C=O) groups excluding carboxylic acids is 1. The normalized spacial score (nSPS) is 15.9. The maximum atomic E-state index is 12.7. The number of carbonyl (C=O) groups is 1. The summed E-state index contributed by atoms with van der Waals surface area (Å²) in [6.07, 6.45) is 7.68. The maximum Gasteiger partial charge on any atom is 0.249 e. The molecule has 2 aliphatic heterocycles. The summed E-state index contributed by atoms with van der Waals surface area (Å²) >= 11 is 0. The van der Waals surface area contributed by atoms with Crippen LogP contribution in [0.4, 0.5) is 5.82 Å². The SMILES string of the molecule is C=C(c1ccc(CNC(=O)C2=Cc3cn[nH]c3NC2)cc1)C1CCCN(S(=CC)(=CC)c2ccccc2)C1.C=CC.CC.[HH].[HH]. The number of H-pyrrole nitrogens is 1. The third kappa shape index (κ3) is 8.18. The Balaban J connectivity index is 0.00000137. The molecule has 1 atom stereocenters. The monoisotopic (exact) mass is 603 g/mol. The molecule has 1 fully saturated rings. The first-order chi connectivity index (χ1) is 20.9. The van der Waals surface area contributed by atoms with E-state index >= 15 is 0 Å². The number of aromatic amines is 1. The van der Waals surface area contributed by atoms with Crippen molar-refractivity contribution in [3.05, 3.63) is 102 Å². The van der Waals surface area contributed by atoms with Gasteiger partial charge in [-0.25, -0.2) is 0 Å². The number of anilines is 1. The number of rotatable bonds is 7. The predicted octanol–water partition coefficient (Wildman–Crippen LogP) is 8.39. The molecule has 234 valence electrons. The molecular formula is C36H53N5OS. The fourth-order valence-electron chi connectivity index (χ4n) is 5.48. The van der Waals surface area contributed by atoms with E-state index in [0.717, 1.165) is 36.5 Å². The van der Waals surface area contributed by atoms with Gasteiger partial charge in [-0.3, -0.25) is 14.2 Å². The lowest BCUT2D eigenvalue weighted by molar-refractivity contribution is -0.117. The summed E-state index contributed by atoms with van der Waals surface area (Å²) < 4.78 is 2.69. The molecule has 3 heterocycles. The van der Waals surface area contributed by atoms with Crippen molar-refractivity contribution < 1.29 is 7.65 Å². The van der Waals surface area contributed by atoms with Crippen molar-refractivity contribution in [2.75, 3.05) is 25.0 Å². The van der Waals surface area contributed by atoms with Crippen LogP contribution >= 0.6 is 9.39 Å². The largest absolute Gasteiger partial charge is 0.366 e. The molecule has 5 rings (SSSR count). The van der Waals surface area contributed by atoms with Crippen LogP contribution in [0, 0.1) is 5.92 Å². The van der Waals surface area contributed by atoms with Gasteiger partial charge in [-0.1, -0.05) is 79.7 Å². The second kappa shape index (κ2) is 16.7. The molecule has 7 heteroatoms. The summed E-state index contributed by atoms with van der Waals surface area (Å²) in [7, 11) is -1.26. The highest BCUT2D eigenvalue weighted by molar-refractivity contribution is 8.27. The molecule has 0 spiro atoms. The van der Waals surface area contributed by atoms with Crippen LogP contribution < -0.4 is 10.6 Å². The number of benzene rings is 2. The van der Waals surface area contributed by atoms with Crippen LogP contribution in [0.3, 0.4) is 0 Å². The lowest BCUT2D eigenvalue weighted by Gasteiger charge is -2.40. The minimum Gasteiger partial charge on any atom is -0.366 e. The number of aromatic nitrogens is 2. The van der Waals surface area contributed by atoms with Gasteiger partial charge in [0.05, 0.1) is 6.20 Å². The van der Waals surface area contributed by atoms with E-state index in [0.29, 0.717) is 24.6 Å². The van der Waals surface area contributed by atoms with E-state index in [1.54, 1.807) is 12.3 Å². The average molecular weight is 604 g/mol. The quantitative estimate of drug-likeness (QED) is 0.187. The van der Waals surface area contributed by atoms with Gasteiger partial charge in [0, 0.05) is 45.1 Å². The number of fused-ring (bicyclic) bond motifs is 1. The third-order valence-electron chi connectivity index (χ3n) is 7.67. The zero-order valence-electron chi connectivity index (χ0n) is 26.5. The number of amides is 1. The van der Waals surface area contributed by atoms with E-state index in [1.807, 2.05) is 26.8 Å². The molecule has 0 aliphatic carbocycles. The van der Waals surface area contributed by atoms with Gasteiger partial charge >= 0.3 is 0 Å². The Hall–Kier alpha value is -3.81. The molecule has 3 aromatic rings. The van der Waals surface area contributed by atoms with Crippen molar-refractivity contribution >= 4 is 43.5 Å².